The van der Waals surface area contributed by atoms with E-state index in [9.17, 15) is 18.0 Å². The van der Waals surface area contributed by atoms with Crippen LogP contribution in [0, 0.1) is 0 Å². The van der Waals surface area contributed by atoms with Crippen molar-refractivity contribution in [3.8, 4) is 5.75 Å². The van der Waals surface area contributed by atoms with Crippen molar-refractivity contribution in [1.82, 2.24) is 5.32 Å². The molecule has 0 bridgehead atoms. The Morgan fingerprint density at radius 1 is 1.10 bits per heavy atom. The lowest BCUT2D eigenvalue weighted by Gasteiger charge is -2.16. The Hall–Kier alpha value is -2.87. The van der Waals surface area contributed by atoms with Crippen molar-refractivity contribution in [2.75, 3.05) is 11.5 Å². The third kappa shape index (κ3) is 6.05. The number of nitrogens with one attached hydrogen (secondary N) is 1. The van der Waals surface area contributed by atoms with Gasteiger partial charge in [-0.05, 0) is 43.2 Å². The lowest BCUT2D eigenvalue weighted by Crippen LogP contribution is -2.42. The standard InChI is InChI=1S/C21H23NO6S/c1-15(20(23)22-18-11-12-29(25,26)14-18)28-21(24)17-7-9-19(10-8-17)27-13-16-5-3-2-4-6-16/h2-10,15,18H,11-14H2,1H3,(H,22,23)/t15-,18+/m1/s1. The molecule has 0 aromatic heterocycles. The van der Waals surface area contributed by atoms with E-state index < -0.39 is 33.9 Å². The summed E-state index contributed by atoms with van der Waals surface area (Å²) in [6, 6.07) is 15.7. The van der Waals surface area contributed by atoms with Gasteiger partial charge in [-0.1, -0.05) is 30.3 Å². The highest BCUT2D eigenvalue weighted by atomic mass is 32.2. The van der Waals surface area contributed by atoms with E-state index in [1.54, 1.807) is 24.3 Å². The van der Waals surface area contributed by atoms with Crippen molar-refractivity contribution in [3.05, 3.63) is 65.7 Å². The number of benzene rings is 2. The molecule has 0 radical (unpaired) electrons. The average molecular weight is 417 g/mol. The van der Waals surface area contributed by atoms with Crippen LogP contribution < -0.4 is 10.1 Å². The SMILES string of the molecule is C[C@@H](OC(=O)c1ccc(OCc2ccccc2)cc1)C(=O)N[C@H]1CCS(=O)(=O)C1. The van der Waals surface area contributed by atoms with Crippen molar-refractivity contribution in [2.24, 2.45) is 0 Å². The van der Waals surface area contributed by atoms with Crippen LogP contribution in [0.15, 0.2) is 54.6 Å². The molecule has 7 nitrogen and oxygen atoms in total. The fraction of sp³-hybridized carbons (Fsp3) is 0.333. The molecule has 2 aromatic carbocycles. The normalized spacial score (nSPS) is 18.6. The van der Waals surface area contributed by atoms with E-state index in [1.807, 2.05) is 30.3 Å². The minimum Gasteiger partial charge on any atom is -0.489 e. The molecular weight excluding hydrogens is 394 g/mol. The summed E-state index contributed by atoms with van der Waals surface area (Å²) in [7, 11) is -3.09. The third-order valence-corrected chi connectivity index (χ3v) is 6.34. The first-order valence-electron chi connectivity index (χ1n) is 9.31. The molecular formula is C21H23NO6S. The van der Waals surface area contributed by atoms with Crippen LogP contribution in [0.3, 0.4) is 0 Å². The number of carbonyl (C=O) groups excluding carboxylic acids is 2. The first-order chi connectivity index (χ1) is 13.8. The Morgan fingerprint density at radius 3 is 2.41 bits per heavy atom. The van der Waals surface area contributed by atoms with Crippen molar-refractivity contribution in [3.63, 3.8) is 0 Å². The molecule has 2 atom stereocenters. The van der Waals surface area contributed by atoms with Crippen molar-refractivity contribution < 1.29 is 27.5 Å². The average Bonchev–Trinajstić information content (AvgIpc) is 3.05. The maximum atomic E-state index is 12.3. The maximum absolute atomic E-state index is 12.3. The molecule has 3 rings (SSSR count). The second-order valence-electron chi connectivity index (χ2n) is 6.95. The van der Waals surface area contributed by atoms with Crippen molar-refractivity contribution >= 4 is 21.7 Å². The van der Waals surface area contributed by atoms with Crippen LogP contribution in [0.25, 0.3) is 0 Å². The van der Waals surface area contributed by atoms with Gasteiger partial charge < -0.3 is 14.8 Å². The Labute approximate surface area is 169 Å². The lowest BCUT2D eigenvalue weighted by molar-refractivity contribution is -0.129. The van der Waals surface area contributed by atoms with E-state index in [2.05, 4.69) is 5.32 Å². The van der Waals surface area contributed by atoms with E-state index in [0.29, 0.717) is 24.3 Å². The maximum Gasteiger partial charge on any atom is 0.338 e. The molecule has 0 unspecified atom stereocenters. The van der Waals surface area contributed by atoms with Crippen LogP contribution in [0.2, 0.25) is 0 Å². The van der Waals surface area contributed by atoms with Gasteiger partial charge >= 0.3 is 5.97 Å². The Morgan fingerprint density at radius 2 is 1.79 bits per heavy atom. The molecule has 0 saturated carbocycles. The molecule has 0 aliphatic carbocycles. The van der Waals surface area contributed by atoms with Gasteiger partial charge in [-0.2, -0.15) is 0 Å². The summed E-state index contributed by atoms with van der Waals surface area (Å²) in [5.41, 5.74) is 1.33. The predicted octanol–water partition coefficient (Wildman–Crippen LogP) is 2.11. The van der Waals surface area contributed by atoms with E-state index >= 15 is 0 Å². The topological polar surface area (TPSA) is 98.8 Å². The van der Waals surface area contributed by atoms with Gasteiger partial charge in [-0.3, -0.25) is 4.79 Å². The highest BCUT2D eigenvalue weighted by Gasteiger charge is 2.30. The van der Waals surface area contributed by atoms with Crippen molar-refractivity contribution in [1.29, 1.82) is 0 Å². The summed E-state index contributed by atoms with van der Waals surface area (Å²) < 4.78 is 33.8. The van der Waals surface area contributed by atoms with E-state index in [0.717, 1.165) is 5.56 Å². The molecule has 0 spiro atoms. The van der Waals surface area contributed by atoms with Gasteiger partial charge in [-0.15, -0.1) is 0 Å². The zero-order chi connectivity index (χ0) is 20.9. The summed E-state index contributed by atoms with van der Waals surface area (Å²) >= 11 is 0. The molecule has 1 N–H and O–H groups in total. The first-order valence-corrected chi connectivity index (χ1v) is 11.1. The fourth-order valence-corrected chi connectivity index (χ4v) is 4.61. The minimum absolute atomic E-state index is 0.0603. The number of carbonyl (C=O) groups is 2. The fourth-order valence-electron chi connectivity index (χ4n) is 2.94. The molecule has 1 saturated heterocycles. The Kier molecular flexibility index (Phi) is 6.53. The number of hydrogen-bond donors (Lipinski definition) is 1. The highest BCUT2D eigenvalue weighted by molar-refractivity contribution is 7.91. The van der Waals surface area contributed by atoms with Gasteiger partial charge in [0.15, 0.2) is 15.9 Å². The number of esters is 1. The Balaban J connectivity index is 1.48. The largest absolute Gasteiger partial charge is 0.489 e. The highest BCUT2D eigenvalue weighted by Crippen LogP contribution is 2.16. The molecule has 8 heteroatoms. The number of hydrogen-bond acceptors (Lipinski definition) is 6. The first kappa shape index (κ1) is 20.9. The third-order valence-electron chi connectivity index (χ3n) is 4.57. The van der Waals surface area contributed by atoms with Gasteiger partial charge in [-0.25, -0.2) is 13.2 Å². The van der Waals surface area contributed by atoms with Gasteiger partial charge in [0, 0.05) is 6.04 Å². The van der Waals surface area contributed by atoms with Crippen LogP contribution in [-0.2, 0) is 26.0 Å². The van der Waals surface area contributed by atoms with Gasteiger partial charge in [0.25, 0.3) is 5.91 Å². The summed E-state index contributed by atoms with van der Waals surface area (Å²) in [4.78, 5) is 24.4. The number of sulfone groups is 1. The molecule has 154 valence electrons. The van der Waals surface area contributed by atoms with Gasteiger partial charge in [0.1, 0.15) is 12.4 Å². The van der Waals surface area contributed by atoms with Crippen LogP contribution in [0.1, 0.15) is 29.3 Å². The second-order valence-corrected chi connectivity index (χ2v) is 9.18. The molecule has 2 aromatic rings. The summed E-state index contributed by atoms with van der Waals surface area (Å²) in [5, 5.41) is 2.62. The van der Waals surface area contributed by atoms with Crippen LogP contribution in [-0.4, -0.2) is 43.9 Å². The molecule has 1 fully saturated rings. The lowest BCUT2D eigenvalue weighted by atomic mass is 10.2. The minimum atomic E-state index is -3.09. The van der Waals surface area contributed by atoms with E-state index in [1.165, 1.54) is 6.92 Å². The molecule has 1 heterocycles. The van der Waals surface area contributed by atoms with Crippen LogP contribution in [0.4, 0.5) is 0 Å². The zero-order valence-corrected chi connectivity index (χ0v) is 16.9. The van der Waals surface area contributed by atoms with Crippen LogP contribution in [0.5, 0.6) is 5.75 Å². The summed E-state index contributed by atoms with van der Waals surface area (Å²) in [6.07, 6.45) is -0.654. The van der Waals surface area contributed by atoms with Crippen LogP contribution >= 0.6 is 0 Å². The summed E-state index contributed by atoms with van der Waals surface area (Å²) in [5.74, 6) is -0.558. The number of amides is 1. The van der Waals surface area contributed by atoms with Gasteiger partial charge in [0.2, 0.25) is 0 Å². The second kappa shape index (κ2) is 9.09. The molecule has 1 aliphatic heterocycles. The quantitative estimate of drug-likeness (QED) is 0.693. The van der Waals surface area contributed by atoms with Crippen molar-refractivity contribution in [2.45, 2.75) is 32.1 Å². The Bertz CT molecular complexity index is 956. The summed E-state index contributed by atoms with van der Waals surface area (Å²) in [6.45, 7) is 1.87. The molecule has 1 amide bonds. The van der Waals surface area contributed by atoms with Gasteiger partial charge in [0.05, 0.1) is 17.1 Å². The number of ether oxygens (including phenoxy) is 2. The smallest absolute Gasteiger partial charge is 0.338 e. The zero-order valence-electron chi connectivity index (χ0n) is 16.0. The molecule has 29 heavy (non-hydrogen) atoms. The molecule has 1 aliphatic rings. The predicted molar refractivity (Wildman–Crippen MR) is 107 cm³/mol. The monoisotopic (exact) mass is 417 g/mol. The van der Waals surface area contributed by atoms with E-state index in [-0.39, 0.29) is 11.5 Å². The van der Waals surface area contributed by atoms with E-state index in [4.69, 9.17) is 9.47 Å². The number of rotatable bonds is 7.